The number of aliphatic carboxylic acids is 1. The number of ether oxygens (including phenoxy) is 2. The summed E-state index contributed by atoms with van der Waals surface area (Å²) in [7, 11) is 1.56. The molecule has 1 amide bonds. The molecule has 0 aliphatic heterocycles. The van der Waals surface area contributed by atoms with Crippen molar-refractivity contribution in [1.82, 2.24) is 4.98 Å². The van der Waals surface area contributed by atoms with E-state index in [1.165, 1.54) is 0 Å². The molecule has 1 aromatic carbocycles. The summed E-state index contributed by atoms with van der Waals surface area (Å²) in [6.07, 6.45) is 5.65. The van der Waals surface area contributed by atoms with Crippen molar-refractivity contribution in [2.45, 2.75) is 32.3 Å². The van der Waals surface area contributed by atoms with Gasteiger partial charge in [-0.05, 0) is 55.5 Å². The molecule has 3 rings (SSSR count). The van der Waals surface area contributed by atoms with Crippen LogP contribution in [0.1, 0.15) is 31.2 Å². The lowest BCUT2D eigenvalue weighted by Gasteiger charge is -2.25. The molecule has 2 aromatic rings. The maximum atomic E-state index is 12.6. The number of methoxy groups -OCH3 is 1. The largest absolute Gasteiger partial charge is 0.493 e. The molecule has 0 radical (unpaired) electrons. The summed E-state index contributed by atoms with van der Waals surface area (Å²) in [5.74, 6) is -0.253. The molecule has 28 heavy (non-hydrogen) atoms. The Balaban J connectivity index is 1.62. The molecule has 0 atom stereocenters. The number of pyridine rings is 1. The first-order chi connectivity index (χ1) is 13.6. The number of carboxylic acid groups (broad SMARTS) is 1. The van der Waals surface area contributed by atoms with Crippen LogP contribution in [0.25, 0.3) is 0 Å². The van der Waals surface area contributed by atoms with Crippen LogP contribution in [0, 0.1) is 11.8 Å². The van der Waals surface area contributed by atoms with Crippen LogP contribution in [0.15, 0.2) is 42.7 Å². The van der Waals surface area contributed by atoms with Gasteiger partial charge in [0.1, 0.15) is 6.61 Å². The van der Waals surface area contributed by atoms with Gasteiger partial charge in [0.15, 0.2) is 11.5 Å². The Hall–Kier alpha value is -3.09. The SMILES string of the molecule is COc1ccc(NC(=O)C2CCC(C(=O)O)CC2)cc1OCc1ccncc1. The Morgan fingerprint density at radius 1 is 1.07 bits per heavy atom. The van der Waals surface area contributed by atoms with Gasteiger partial charge < -0.3 is 19.9 Å². The van der Waals surface area contributed by atoms with Crippen molar-refractivity contribution < 1.29 is 24.2 Å². The van der Waals surface area contributed by atoms with Crippen LogP contribution in [0.4, 0.5) is 5.69 Å². The predicted octanol–water partition coefficient (Wildman–Crippen LogP) is 3.50. The summed E-state index contributed by atoms with van der Waals surface area (Å²) in [6, 6.07) is 8.98. The fourth-order valence-electron chi connectivity index (χ4n) is 3.35. The third-order valence-corrected chi connectivity index (χ3v) is 5.02. The van der Waals surface area contributed by atoms with E-state index in [1.54, 1.807) is 37.7 Å². The highest BCUT2D eigenvalue weighted by Crippen LogP contribution is 2.33. The van der Waals surface area contributed by atoms with Crippen molar-refractivity contribution in [3.63, 3.8) is 0 Å². The van der Waals surface area contributed by atoms with Gasteiger partial charge in [0.25, 0.3) is 0 Å². The smallest absolute Gasteiger partial charge is 0.306 e. The first-order valence-corrected chi connectivity index (χ1v) is 9.30. The molecule has 7 heteroatoms. The summed E-state index contributed by atoms with van der Waals surface area (Å²) in [6.45, 7) is 0.357. The van der Waals surface area contributed by atoms with Crippen LogP contribution in [0.2, 0.25) is 0 Å². The van der Waals surface area contributed by atoms with Crippen molar-refractivity contribution in [1.29, 1.82) is 0 Å². The van der Waals surface area contributed by atoms with E-state index in [1.807, 2.05) is 12.1 Å². The van der Waals surface area contributed by atoms with Gasteiger partial charge in [0.2, 0.25) is 5.91 Å². The van der Waals surface area contributed by atoms with E-state index < -0.39 is 5.97 Å². The second-order valence-electron chi connectivity index (χ2n) is 6.89. The third-order valence-electron chi connectivity index (χ3n) is 5.02. The zero-order chi connectivity index (χ0) is 19.9. The topological polar surface area (TPSA) is 97.8 Å². The standard InChI is InChI=1S/C21H24N2O5/c1-27-18-7-6-17(12-19(18)28-13-14-8-10-22-11-9-14)23-20(24)15-2-4-16(5-3-15)21(25)26/h6-12,15-16H,2-5,13H2,1H3,(H,23,24)(H,25,26). The normalized spacial score (nSPS) is 18.9. The lowest BCUT2D eigenvalue weighted by molar-refractivity contribution is -0.143. The van der Waals surface area contributed by atoms with E-state index in [9.17, 15) is 9.59 Å². The summed E-state index contributed by atoms with van der Waals surface area (Å²) < 4.78 is 11.2. The highest BCUT2D eigenvalue weighted by molar-refractivity contribution is 5.93. The second kappa shape index (κ2) is 9.21. The molecule has 1 aliphatic carbocycles. The van der Waals surface area contributed by atoms with E-state index in [2.05, 4.69) is 10.3 Å². The van der Waals surface area contributed by atoms with E-state index in [0.29, 0.717) is 49.5 Å². The van der Waals surface area contributed by atoms with E-state index in [-0.39, 0.29) is 17.7 Å². The zero-order valence-corrected chi connectivity index (χ0v) is 15.8. The highest BCUT2D eigenvalue weighted by atomic mass is 16.5. The maximum absolute atomic E-state index is 12.6. The summed E-state index contributed by atoms with van der Waals surface area (Å²) in [5.41, 5.74) is 1.59. The molecule has 1 aliphatic rings. The van der Waals surface area contributed by atoms with Crippen molar-refractivity contribution in [3.8, 4) is 11.5 Å². The molecule has 0 spiro atoms. The minimum Gasteiger partial charge on any atom is -0.493 e. The molecule has 148 valence electrons. The fraction of sp³-hybridized carbons (Fsp3) is 0.381. The molecule has 0 bridgehead atoms. The van der Waals surface area contributed by atoms with Gasteiger partial charge in [-0.15, -0.1) is 0 Å². The fourth-order valence-corrected chi connectivity index (χ4v) is 3.35. The van der Waals surface area contributed by atoms with Crippen molar-refractivity contribution >= 4 is 17.6 Å². The lowest BCUT2D eigenvalue weighted by atomic mass is 9.81. The quantitative estimate of drug-likeness (QED) is 0.758. The molecule has 1 fully saturated rings. The van der Waals surface area contributed by atoms with Gasteiger partial charge >= 0.3 is 5.97 Å². The van der Waals surface area contributed by atoms with Crippen LogP contribution in [0.5, 0.6) is 11.5 Å². The highest BCUT2D eigenvalue weighted by Gasteiger charge is 2.29. The molecule has 0 unspecified atom stereocenters. The molecule has 1 heterocycles. The Kier molecular flexibility index (Phi) is 6.47. The number of amides is 1. The number of nitrogens with one attached hydrogen (secondary N) is 1. The average Bonchev–Trinajstić information content (AvgIpc) is 2.73. The molecule has 1 saturated carbocycles. The molecule has 7 nitrogen and oxygen atoms in total. The number of aromatic nitrogens is 1. The number of anilines is 1. The first kappa shape index (κ1) is 19.7. The summed E-state index contributed by atoms with van der Waals surface area (Å²) in [5, 5.41) is 12.0. The Labute approximate surface area is 163 Å². The van der Waals surface area contributed by atoms with Crippen molar-refractivity contribution in [3.05, 3.63) is 48.3 Å². The monoisotopic (exact) mass is 384 g/mol. The average molecular weight is 384 g/mol. The van der Waals surface area contributed by atoms with Crippen molar-refractivity contribution in [2.75, 3.05) is 12.4 Å². The number of carboxylic acids is 1. The number of hydrogen-bond acceptors (Lipinski definition) is 5. The maximum Gasteiger partial charge on any atom is 0.306 e. The van der Waals surface area contributed by atoms with Crippen LogP contribution < -0.4 is 14.8 Å². The van der Waals surface area contributed by atoms with Crippen LogP contribution in [0.3, 0.4) is 0 Å². The van der Waals surface area contributed by atoms with Crippen LogP contribution in [-0.4, -0.2) is 29.1 Å². The van der Waals surface area contributed by atoms with Gasteiger partial charge in [0, 0.05) is 30.1 Å². The minimum atomic E-state index is -0.773. The van der Waals surface area contributed by atoms with Gasteiger partial charge in [-0.25, -0.2) is 0 Å². The Morgan fingerprint density at radius 3 is 2.39 bits per heavy atom. The second-order valence-corrected chi connectivity index (χ2v) is 6.89. The molecular weight excluding hydrogens is 360 g/mol. The third kappa shape index (κ3) is 5.00. The zero-order valence-electron chi connectivity index (χ0n) is 15.8. The Morgan fingerprint density at radius 2 is 1.75 bits per heavy atom. The van der Waals surface area contributed by atoms with Gasteiger partial charge in [-0.2, -0.15) is 0 Å². The molecule has 2 N–H and O–H groups in total. The molecular formula is C21H24N2O5. The van der Waals surface area contributed by atoms with E-state index in [4.69, 9.17) is 14.6 Å². The first-order valence-electron chi connectivity index (χ1n) is 9.30. The molecule has 1 aromatic heterocycles. The van der Waals surface area contributed by atoms with Crippen molar-refractivity contribution in [2.24, 2.45) is 11.8 Å². The minimum absolute atomic E-state index is 0.0888. The molecule has 0 saturated heterocycles. The van der Waals surface area contributed by atoms with E-state index >= 15 is 0 Å². The van der Waals surface area contributed by atoms with Gasteiger partial charge in [0.05, 0.1) is 13.0 Å². The Bertz CT molecular complexity index is 817. The summed E-state index contributed by atoms with van der Waals surface area (Å²) in [4.78, 5) is 27.6. The van der Waals surface area contributed by atoms with E-state index in [0.717, 1.165) is 5.56 Å². The predicted molar refractivity (Wildman–Crippen MR) is 103 cm³/mol. The van der Waals surface area contributed by atoms with Gasteiger partial charge in [-0.3, -0.25) is 14.6 Å². The van der Waals surface area contributed by atoms with Crippen LogP contribution in [-0.2, 0) is 16.2 Å². The number of hydrogen-bond donors (Lipinski definition) is 2. The van der Waals surface area contributed by atoms with Gasteiger partial charge in [-0.1, -0.05) is 0 Å². The number of carbonyl (C=O) groups is 2. The number of rotatable bonds is 7. The lowest BCUT2D eigenvalue weighted by Crippen LogP contribution is -2.29. The number of carbonyl (C=O) groups excluding carboxylic acids is 1. The number of benzene rings is 1. The summed E-state index contributed by atoms with van der Waals surface area (Å²) >= 11 is 0. The van der Waals surface area contributed by atoms with Crippen LogP contribution >= 0.6 is 0 Å². The number of nitrogens with zero attached hydrogens (tertiary/aromatic N) is 1.